The number of benzene rings is 1. The van der Waals surface area contributed by atoms with E-state index < -0.39 is 11.4 Å². The molecule has 0 bridgehead atoms. The first-order chi connectivity index (χ1) is 8.48. The van der Waals surface area contributed by atoms with Gasteiger partial charge in [0.1, 0.15) is 17.0 Å². The zero-order valence-electron chi connectivity index (χ0n) is 10.4. The van der Waals surface area contributed by atoms with Crippen molar-refractivity contribution in [2.75, 3.05) is 0 Å². The van der Waals surface area contributed by atoms with Crippen molar-refractivity contribution in [2.24, 2.45) is 0 Å². The van der Waals surface area contributed by atoms with Gasteiger partial charge in [-0.25, -0.2) is 0 Å². The monoisotopic (exact) mass is 248 g/mol. The lowest BCUT2D eigenvalue weighted by Crippen LogP contribution is -2.46. The quantitative estimate of drug-likeness (QED) is 0.709. The van der Waals surface area contributed by atoms with Gasteiger partial charge >= 0.3 is 0 Å². The van der Waals surface area contributed by atoms with Gasteiger partial charge in [0.15, 0.2) is 0 Å². The van der Waals surface area contributed by atoms with Gasteiger partial charge in [-0.05, 0) is 31.0 Å². The van der Waals surface area contributed by atoms with E-state index in [0.29, 0.717) is 12.8 Å². The zero-order valence-corrected chi connectivity index (χ0v) is 10.4. The molecular formula is C13H16N2O3. The first-order valence-corrected chi connectivity index (χ1v) is 5.73. The Bertz CT molecular complexity index is 487. The van der Waals surface area contributed by atoms with E-state index >= 15 is 0 Å². The van der Waals surface area contributed by atoms with Gasteiger partial charge in [0.05, 0.1) is 11.6 Å². The predicted molar refractivity (Wildman–Crippen MR) is 66.2 cm³/mol. The molecule has 96 valence electrons. The number of amides is 1. The second kappa shape index (κ2) is 5.41. The summed E-state index contributed by atoms with van der Waals surface area (Å²) in [5.74, 6) is -0.925. The van der Waals surface area contributed by atoms with Crippen LogP contribution in [0.25, 0.3) is 0 Å². The first-order valence-electron chi connectivity index (χ1n) is 5.73. The van der Waals surface area contributed by atoms with Crippen LogP contribution in [0.2, 0.25) is 0 Å². The summed E-state index contributed by atoms with van der Waals surface area (Å²) in [6.45, 7) is 3.60. The normalized spacial score (nSPS) is 10.7. The molecule has 0 aliphatic carbocycles. The topological polar surface area (TPSA) is 93.4 Å². The number of nitriles is 1. The molecule has 1 rings (SSSR count). The smallest absolute Gasteiger partial charge is 0.256 e. The van der Waals surface area contributed by atoms with Crippen LogP contribution in [-0.4, -0.2) is 21.7 Å². The molecule has 18 heavy (non-hydrogen) atoms. The SMILES string of the molecule is CCC(C#N)(CC)NC(=O)c1cc(O)ccc1O. The molecule has 1 aromatic carbocycles. The summed E-state index contributed by atoms with van der Waals surface area (Å²) in [7, 11) is 0. The molecular weight excluding hydrogens is 232 g/mol. The largest absolute Gasteiger partial charge is 0.508 e. The van der Waals surface area contributed by atoms with Crippen LogP contribution in [-0.2, 0) is 0 Å². The van der Waals surface area contributed by atoms with Crippen LogP contribution in [0.1, 0.15) is 37.0 Å². The Labute approximate surface area is 106 Å². The molecule has 0 radical (unpaired) electrons. The maximum Gasteiger partial charge on any atom is 0.256 e. The Morgan fingerprint density at radius 3 is 2.50 bits per heavy atom. The van der Waals surface area contributed by atoms with Crippen molar-refractivity contribution in [2.45, 2.75) is 32.2 Å². The minimum absolute atomic E-state index is 0.0449. The average Bonchev–Trinajstić information content (AvgIpc) is 2.38. The number of rotatable bonds is 4. The number of aromatic hydroxyl groups is 2. The number of hydrogen-bond acceptors (Lipinski definition) is 4. The van der Waals surface area contributed by atoms with Gasteiger partial charge in [0.2, 0.25) is 0 Å². The average molecular weight is 248 g/mol. The maximum absolute atomic E-state index is 12.0. The van der Waals surface area contributed by atoms with E-state index in [9.17, 15) is 15.0 Å². The molecule has 0 saturated heterocycles. The van der Waals surface area contributed by atoms with Crippen molar-refractivity contribution in [3.05, 3.63) is 23.8 Å². The molecule has 0 aliphatic rings. The lowest BCUT2D eigenvalue weighted by Gasteiger charge is -2.25. The van der Waals surface area contributed by atoms with Gasteiger partial charge < -0.3 is 15.5 Å². The number of hydrogen-bond donors (Lipinski definition) is 3. The van der Waals surface area contributed by atoms with Gasteiger partial charge in [-0.1, -0.05) is 13.8 Å². The minimum atomic E-state index is -0.949. The molecule has 0 saturated carbocycles. The molecule has 0 atom stereocenters. The fourth-order valence-electron chi connectivity index (χ4n) is 1.60. The summed E-state index contributed by atoms with van der Waals surface area (Å²) in [5.41, 5.74) is -0.994. The Balaban J connectivity index is 3.02. The molecule has 0 fully saturated rings. The van der Waals surface area contributed by atoms with Crippen LogP contribution in [0.4, 0.5) is 0 Å². The van der Waals surface area contributed by atoms with E-state index in [-0.39, 0.29) is 17.1 Å². The molecule has 1 amide bonds. The molecule has 5 nitrogen and oxygen atoms in total. The van der Waals surface area contributed by atoms with Crippen molar-refractivity contribution in [3.8, 4) is 17.6 Å². The standard InChI is InChI=1S/C13H16N2O3/c1-3-13(4-2,8-14)15-12(18)10-7-9(16)5-6-11(10)17/h5-7,16-17H,3-4H2,1-2H3,(H,15,18). The number of carbonyl (C=O) groups is 1. The van der Waals surface area contributed by atoms with E-state index in [0.717, 1.165) is 6.07 Å². The number of nitrogens with zero attached hydrogens (tertiary/aromatic N) is 1. The molecule has 0 aliphatic heterocycles. The third-order valence-corrected chi connectivity index (χ3v) is 3.00. The van der Waals surface area contributed by atoms with Gasteiger partial charge in [-0.3, -0.25) is 4.79 Å². The Morgan fingerprint density at radius 1 is 1.39 bits per heavy atom. The number of phenols is 2. The molecule has 3 N–H and O–H groups in total. The molecule has 0 heterocycles. The Morgan fingerprint density at radius 2 is 2.00 bits per heavy atom. The summed E-state index contributed by atoms with van der Waals surface area (Å²) in [4.78, 5) is 12.0. The van der Waals surface area contributed by atoms with Gasteiger partial charge in [0.25, 0.3) is 5.91 Å². The van der Waals surface area contributed by atoms with Crippen LogP contribution >= 0.6 is 0 Å². The van der Waals surface area contributed by atoms with Crippen LogP contribution in [0, 0.1) is 11.3 Å². The van der Waals surface area contributed by atoms with Crippen molar-refractivity contribution < 1.29 is 15.0 Å². The fraction of sp³-hybridized carbons (Fsp3) is 0.385. The number of nitrogens with one attached hydrogen (secondary N) is 1. The van der Waals surface area contributed by atoms with E-state index in [4.69, 9.17) is 5.26 Å². The van der Waals surface area contributed by atoms with Crippen molar-refractivity contribution in [1.29, 1.82) is 5.26 Å². The van der Waals surface area contributed by atoms with Gasteiger partial charge in [0, 0.05) is 0 Å². The summed E-state index contributed by atoms with van der Waals surface area (Å²) in [5, 5.41) is 30.6. The van der Waals surface area contributed by atoms with Crippen molar-refractivity contribution in [1.82, 2.24) is 5.32 Å². The third kappa shape index (κ3) is 2.72. The van der Waals surface area contributed by atoms with Crippen molar-refractivity contribution in [3.63, 3.8) is 0 Å². The molecule has 0 aromatic heterocycles. The lowest BCUT2D eigenvalue weighted by atomic mass is 9.94. The van der Waals surface area contributed by atoms with E-state index in [1.54, 1.807) is 13.8 Å². The Kier molecular flexibility index (Phi) is 4.16. The maximum atomic E-state index is 12.0. The van der Waals surface area contributed by atoms with Crippen LogP contribution in [0.3, 0.4) is 0 Å². The van der Waals surface area contributed by atoms with Gasteiger partial charge in [-0.2, -0.15) is 5.26 Å². The first kappa shape index (κ1) is 13.8. The summed E-state index contributed by atoms with van der Waals surface area (Å²) < 4.78 is 0. The second-order valence-corrected chi connectivity index (χ2v) is 4.06. The molecule has 5 heteroatoms. The highest BCUT2D eigenvalue weighted by Gasteiger charge is 2.29. The van der Waals surface area contributed by atoms with Crippen molar-refractivity contribution >= 4 is 5.91 Å². The second-order valence-electron chi connectivity index (χ2n) is 4.06. The number of phenolic OH excluding ortho intramolecular Hbond substituents is 2. The lowest BCUT2D eigenvalue weighted by molar-refractivity contribution is 0.0912. The minimum Gasteiger partial charge on any atom is -0.508 e. The summed E-state index contributed by atoms with van der Waals surface area (Å²) in [6.07, 6.45) is 0.927. The zero-order chi connectivity index (χ0) is 13.8. The molecule has 0 unspecified atom stereocenters. The summed E-state index contributed by atoms with van der Waals surface area (Å²) >= 11 is 0. The highest BCUT2D eigenvalue weighted by atomic mass is 16.3. The van der Waals surface area contributed by atoms with E-state index in [2.05, 4.69) is 11.4 Å². The van der Waals surface area contributed by atoms with Crippen LogP contribution < -0.4 is 5.32 Å². The number of carbonyl (C=O) groups excluding carboxylic acids is 1. The predicted octanol–water partition coefficient (Wildman–Crippen LogP) is 1.91. The van der Waals surface area contributed by atoms with E-state index in [1.807, 2.05) is 0 Å². The fourth-order valence-corrected chi connectivity index (χ4v) is 1.60. The van der Waals surface area contributed by atoms with Crippen LogP contribution in [0.5, 0.6) is 11.5 Å². The van der Waals surface area contributed by atoms with E-state index in [1.165, 1.54) is 12.1 Å². The molecule has 1 aromatic rings. The van der Waals surface area contributed by atoms with Crippen LogP contribution in [0.15, 0.2) is 18.2 Å². The highest BCUT2D eigenvalue weighted by molar-refractivity contribution is 5.97. The third-order valence-electron chi connectivity index (χ3n) is 3.00. The molecule has 0 spiro atoms. The Hall–Kier alpha value is -2.22. The van der Waals surface area contributed by atoms with Gasteiger partial charge in [-0.15, -0.1) is 0 Å². The summed E-state index contributed by atoms with van der Waals surface area (Å²) in [6, 6.07) is 5.75. The highest BCUT2D eigenvalue weighted by Crippen LogP contribution is 2.23.